The summed E-state index contributed by atoms with van der Waals surface area (Å²) < 4.78 is 5.25. The third kappa shape index (κ3) is 3.49. The quantitative estimate of drug-likeness (QED) is 0.815. The van der Waals surface area contributed by atoms with Crippen molar-refractivity contribution in [3.63, 3.8) is 0 Å². The van der Waals surface area contributed by atoms with Crippen LogP contribution in [0.15, 0.2) is 11.6 Å². The van der Waals surface area contributed by atoms with E-state index in [1.807, 2.05) is 5.38 Å². The van der Waals surface area contributed by atoms with Crippen LogP contribution in [0, 0.1) is 0 Å². The Morgan fingerprint density at radius 1 is 1.82 bits per heavy atom. The number of nitrogens with zero attached hydrogens (tertiary/aromatic N) is 1. The van der Waals surface area contributed by atoms with E-state index in [2.05, 4.69) is 22.5 Å². The lowest BCUT2D eigenvalue weighted by Crippen LogP contribution is -2.51. The van der Waals surface area contributed by atoms with Crippen molar-refractivity contribution in [1.82, 2.24) is 15.6 Å². The number of nitrogens with one attached hydrogen (secondary N) is 2. The molecule has 5 nitrogen and oxygen atoms in total. The van der Waals surface area contributed by atoms with Crippen LogP contribution in [0.2, 0.25) is 0 Å². The molecule has 0 saturated carbocycles. The van der Waals surface area contributed by atoms with Gasteiger partial charge in [-0.25, -0.2) is 4.98 Å². The molecule has 0 aliphatic carbocycles. The Hall–Kier alpha value is -0.980. The summed E-state index contributed by atoms with van der Waals surface area (Å²) >= 11 is 1.62. The second kappa shape index (κ2) is 6.09. The van der Waals surface area contributed by atoms with Gasteiger partial charge >= 0.3 is 0 Å². The molecule has 94 valence electrons. The smallest absolute Gasteiger partial charge is 0.239 e. The summed E-state index contributed by atoms with van der Waals surface area (Å²) in [7, 11) is 0. The van der Waals surface area contributed by atoms with Gasteiger partial charge in [-0.2, -0.15) is 0 Å². The van der Waals surface area contributed by atoms with Crippen molar-refractivity contribution in [3.05, 3.63) is 16.6 Å². The van der Waals surface area contributed by atoms with Crippen LogP contribution in [-0.2, 0) is 9.53 Å². The third-order valence-electron chi connectivity index (χ3n) is 2.69. The van der Waals surface area contributed by atoms with E-state index >= 15 is 0 Å². The lowest BCUT2D eigenvalue weighted by Gasteiger charge is -2.23. The van der Waals surface area contributed by atoms with E-state index in [0.29, 0.717) is 19.8 Å². The number of rotatable bonds is 4. The second-order valence-electron chi connectivity index (χ2n) is 4.10. The van der Waals surface area contributed by atoms with Gasteiger partial charge in [-0.15, -0.1) is 11.3 Å². The van der Waals surface area contributed by atoms with Crippen LogP contribution in [0.1, 0.15) is 17.8 Å². The van der Waals surface area contributed by atoms with E-state index in [1.165, 1.54) is 0 Å². The average molecular weight is 255 g/mol. The largest absolute Gasteiger partial charge is 0.378 e. The van der Waals surface area contributed by atoms with Crippen LogP contribution in [0.5, 0.6) is 0 Å². The number of thiazole rings is 1. The minimum absolute atomic E-state index is 0.00751. The predicted octanol–water partition coefficient (Wildman–Crippen LogP) is 0.351. The van der Waals surface area contributed by atoms with Gasteiger partial charge in [0.1, 0.15) is 6.04 Å². The number of amides is 1. The van der Waals surface area contributed by atoms with Gasteiger partial charge in [-0.05, 0) is 0 Å². The fourth-order valence-corrected chi connectivity index (χ4v) is 2.37. The monoisotopic (exact) mass is 255 g/mol. The molecule has 0 aromatic carbocycles. The SMILES string of the molecule is CC(CNC(=O)C1COCCN1)c1nccs1. The molecule has 2 N–H and O–H groups in total. The molecule has 1 aliphatic rings. The molecular weight excluding hydrogens is 238 g/mol. The van der Waals surface area contributed by atoms with Gasteiger partial charge < -0.3 is 15.4 Å². The van der Waals surface area contributed by atoms with Crippen molar-refractivity contribution in [3.8, 4) is 0 Å². The lowest BCUT2D eigenvalue weighted by atomic mass is 10.2. The van der Waals surface area contributed by atoms with E-state index in [9.17, 15) is 4.79 Å². The fourth-order valence-electron chi connectivity index (χ4n) is 1.68. The number of hydrogen-bond donors (Lipinski definition) is 2. The Kier molecular flexibility index (Phi) is 4.47. The number of ether oxygens (including phenoxy) is 1. The van der Waals surface area contributed by atoms with E-state index in [4.69, 9.17) is 4.74 Å². The number of carbonyl (C=O) groups is 1. The Morgan fingerprint density at radius 3 is 3.35 bits per heavy atom. The Labute approximate surface area is 105 Å². The molecule has 0 bridgehead atoms. The number of aromatic nitrogens is 1. The predicted molar refractivity (Wildman–Crippen MR) is 66.1 cm³/mol. The number of carbonyl (C=O) groups excluding carboxylic acids is 1. The highest BCUT2D eigenvalue weighted by Gasteiger charge is 2.21. The van der Waals surface area contributed by atoms with E-state index in [-0.39, 0.29) is 17.9 Å². The first-order valence-corrected chi connectivity index (χ1v) is 6.63. The highest BCUT2D eigenvalue weighted by molar-refractivity contribution is 7.09. The van der Waals surface area contributed by atoms with Gasteiger partial charge in [0.2, 0.25) is 5.91 Å². The summed E-state index contributed by atoms with van der Waals surface area (Å²) in [6.45, 7) is 4.55. The van der Waals surface area contributed by atoms with E-state index in [0.717, 1.165) is 11.6 Å². The number of morpholine rings is 1. The van der Waals surface area contributed by atoms with Crippen LogP contribution >= 0.6 is 11.3 Å². The third-order valence-corrected chi connectivity index (χ3v) is 3.70. The summed E-state index contributed by atoms with van der Waals surface area (Å²) in [5, 5.41) is 9.06. The van der Waals surface area contributed by atoms with Crippen molar-refractivity contribution < 1.29 is 9.53 Å². The van der Waals surface area contributed by atoms with Crippen LogP contribution in [0.3, 0.4) is 0 Å². The lowest BCUT2D eigenvalue weighted by molar-refractivity contribution is -0.125. The zero-order valence-corrected chi connectivity index (χ0v) is 10.6. The van der Waals surface area contributed by atoms with Gasteiger partial charge in [0.15, 0.2) is 0 Å². The molecule has 2 atom stereocenters. The molecule has 0 spiro atoms. The van der Waals surface area contributed by atoms with Crippen LogP contribution in [-0.4, -0.2) is 43.2 Å². The first-order valence-electron chi connectivity index (χ1n) is 5.75. The van der Waals surface area contributed by atoms with Crippen LogP contribution in [0.25, 0.3) is 0 Å². The summed E-state index contributed by atoms with van der Waals surface area (Å²) in [6, 6.07) is -0.216. The normalized spacial score (nSPS) is 22.1. The Balaban J connectivity index is 1.75. The van der Waals surface area contributed by atoms with Crippen molar-refractivity contribution in [1.29, 1.82) is 0 Å². The summed E-state index contributed by atoms with van der Waals surface area (Å²) in [5.41, 5.74) is 0. The number of hydrogen-bond acceptors (Lipinski definition) is 5. The van der Waals surface area contributed by atoms with E-state index < -0.39 is 0 Å². The second-order valence-corrected chi connectivity index (χ2v) is 5.02. The maximum atomic E-state index is 11.8. The summed E-state index contributed by atoms with van der Waals surface area (Å²) in [4.78, 5) is 16.0. The maximum absolute atomic E-state index is 11.8. The average Bonchev–Trinajstić information content (AvgIpc) is 2.90. The molecule has 17 heavy (non-hydrogen) atoms. The molecule has 1 aliphatic heterocycles. The van der Waals surface area contributed by atoms with Gasteiger partial charge in [0, 0.05) is 30.6 Å². The molecule has 6 heteroatoms. The standard InChI is InChI=1S/C11H17N3O2S/c1-8(11-13-3-5-17-11)6-14-10(15)9-7-16-4-2-12-9/h3,5,8-9,12H,2,4,6-7H2,1H3,(H,14,15). The van der Waals surface area contributed by atoms with Gasteiger partial charge in [0.05, 0.1) is 18.2 Å². The van der Waals surface area contributed by atoms with Crippen molar-refractivity contribution in [2.75, 3.05) is 26.3 Å². The molecule has 0 radical (unpaired) electrons. The molecule has 2 heterocycles. The highest BCUT2D eigenvalue weighted by atomic mass is 32.1. The van der Waals surface area contributed by atoms with Gasteiger partial charge in [-0.1, -0.05) is 6.92 Å². The first-order chi connectivity index (χ1) is 8.27. The molecule has 1 saturated heterocycles. The van der Waals surface area contributed by atoms with Crippen molar-refractivity contribution >= 4 is 17.2 Å². The zero-order chi connectivity index (χ0) is 12.1. The van der Waals surface area contributed by atoms with Crippen molar-refractivity contribution in [2.24, 2.45) is 0 Å². The molecule has 2 rings (SSSR count). The minimum atomic E-state index is -0.216. The summed E-state index contributed by atoms with van der Waals surface area (Å²) in [5.74, 6) is 0.261. The van der Waals surface area contributed by atoms with Gasteiger partial charge in [-0.3, -0.25) is 4.79 Å². The zero-order valence-electron chi connectivity index (χ0n) is 9.81. The molecular formula is C11H17N3O2S. The Bertz CT molecular complexity index is 350. The first kappa shape index (κ1) is 12.5. The Morgan fingerprint density at radius 2 is 2.71 bits per heavy atom. The minimum Gasteiger partial charge on any atom is -0.378 e. The molecule has 1 amide bonds. The van der Waals surface area contributed by atoms with Gasteiger partial charge in [0.25, 0.3) is 0 Å². The van der Waals surface area contributed by atoms with Crippen LogP contribution in [0.4, 0.5) is 0 Å². The molecule has 1 aromatic rings. The molecule has 1 aromatic heterocycles. The topological polar surface area (TPSA) is 63.2 Å². The molecule has 1 fully saturated rings. The van der Waals surface area contributed by atoms with Crippen molar-refractivity contribution in [2.45, 2.75) is 18.9 Å². The molecule has 2 unspecified atom stereocenters. The van der Waals surface area contributed by atoms with Crippen LogP contribution < -0.4 is 10.6 Å². The summed E-state index contributed by atoms with van der Waals surface area (Å²) in [6.07, 6.45) is 1.79. The fraction of sp³-hybridized carbons (Fsp3) is 0.636. The highest BCUT2D eigenvalue weighted by Crippen LogP contribution is 2.16. The maximum Gasteiger partial charge on any atom is 0.239 e. The van der Waals surface area contributed by atoms with E-state index in [1.54, 1.807) is 17.5 Å².